The Morgan fingerprint density at radius 2 is 1.94 bits per heavy atom. The zero-order valence-electron chi connectivity index (χ0n) is 17.1. The van der Waals surface area contributed by atoms with Crippen LogP contribution in [-0.2, 0) is 0 Å². The van der Waals surface area contributed by atoms with E-state index in [1.54, 1.807) is 12.1 Å². The van der Waals surface area contributed by atoms with Gasteiger partial charge in [-0.05, 0) is 44.0 Å². The van der Waals surface area contributed by atoms with Crippen LogP contribution in [0.25, 0.3) is 10.9 Å². The Morgan fingerprint density at radius 3 is 2.74 bits per heavy atom. The molecule has 0 bridgehead atoms. The van der Waals surface area contributed by atoms with Crippen molar-refractivity contribution in [1.82, 2.24) is 20.4 Å². The lowest BCUT2D eigenvalue weighted by Gasteiger charge is -2.32. The number of ether oxygens (including phenoxy) is 1. The predicted molar refractivity (Wildman–Crippen MR) is 123 cm³/mol. The molecule has 1 N–H and O–H groups in total. The van der Waals surface area contributed by atoms with Gasteiger partial charge >= 0.3 is 0 Å². The SMILES string of the molecule is O=C(NCCCN1CCC(Oc2ccc(Cl)c(Cl)c2)CC1)c1cnnc2ccccc12. The van der Waals surface area contributed by atoms with Crippen LogP contribution in [-0.4, -0.2) is 53.3 Å². The quantitative estimate of drug-likeness (QED) is 0.523. The van der Waals surface area contributed by atoms with Crippen molar-refractivity contribution in [1.29, 1.82) is 0 Å². The molecule has 1 aromatic heterocycles. The second kappa shape index (κ2) is 10.3. The number of carbonyl (C=O) groups excluding carboxylic acids is 1. The summed E-state index contributed by atoms with van der Waals surface area (Å²) in [6.07, 6.45) is 4.51. The minimum Gasteiger partial charge on any atom is -0.490 e. The topological polar surface area (TPSA) is 67.4 Å². The van der Waals surface area contributed by atoms with Crippen LogP contribution in [0.2, 0.25) is 10.0 Å². The molecule has 31 heavy (non-hydrogen) atoms. The Labute approximate surface area is 191 Å². The summed E-state index contributed by atoms with van der Waals surface area (Å²) in [5, 5.41) is 12.9. The van der Waals surface area contributed by atoms with E-state index in [-0.39, 0.29) is 12.0 Å². The van der Waals surface area contributed by atoms with Crippen molar-refractivity contribution in [2.45, 2.75) is 25.4 Å². The lowest BCUT2D eigenvalue weighted by atomic mass is 10.1. The minimum atomic E-state index is -0.111. The van der Waals surface area contributed by atoms with Crippen molar-refractivity contribution in [2.75, 3.05) is 26.2 Å². The smallest absolute Gasteiger partial charge is 0.253 e. The lowest BCUT2D eigenvalue weighted by molar-refractivity contribution is 0.0936. The molecule has 0 unspecified atom stereocenters. The molecule has 0 atom stereocenters. The van der Waals surface area contributed by atoms with E-state index in [2.05, 4.69) is 20.4 Å². The normalized spacial score (nSPS) is 15.2. The molecule has 2 heterocycles. The number of halogens is 2. The number of piperidine rings is 1. The van der Waals surface area contributed by atoms with Crippen LogP contribution in [0.4, 0.5) is 0 Å². The van der Waals surface area contributed by atoms with E-state index in [0.717, 1.165) is 55.5 Å². The fourth-order valence-corrected chi connectivity index (χ4v) is 4.07. The number of aromatic nitrogens is 2. The standard InChI is InChI=1S/C23H24Cl2N4O2/c24-20-7-6-17(14-21(20)25)31-16-8-12-29(13-9-16)11-3-10-26-23(30)19-15-27-28-22-5-2-1-4-18(19)22/h1-2,4-7,14-16H,3,8-13H2,(H,26,30). The number of hydrogen-bond donors (Lipinski definition) is 1. The monoisotopic (exact) mass is 458 g/mol. The number of nitrogens with zero attached hydrogens (tertiary/aromatic N) is 3. The van der Waals surface area contributed by atoms with Gasteiger partial charge in [0.2, 0.25) is 0 Å². The number of fused-ring (bicyclic) bond motifs is 1. The Hall–Kier alpha value is -2.41. The summed E-state index contributed by atoms with van der Waals surface area (Å²) in [5.74, 6) is 0.647. The number of nitrogens with one attached hydrogen (secondary N) is 1. The summed E-state index contributed by atoms with van der Waals surface area (Å²) in [6, 6.07) is 12.9. The van der Waals surface area contributed by atoms with E-state index < -0.39 is 0 Å². The first-order chi connectivity index (χ1) is 15.1. The molecule has 1 saturated heterocycles. The highest BCUT2D eigenvalue weighted by Gasteiger charge is 2.20. The molecule has 1 aliphatic heterocycles. The molecule has 0 saturated carbocycles. The van der Waals surface area contributed by atoms with Crippen LogP contribution in [0.5, 0.6) is 5.75 Å². The van der Waals surface area contributed by atoms with Crippen molar-refractivity contribution in [3.8, 4) is 5.75 Å². The van der Waals surface area contributed by atoms with Gasteiger partial charge < -0.3 is 15.0 Å². The van der Waals surface area contributed by atoms with Crippen molar-refractivity contribution in [2.24, 2.45) is 0 Å². The first-order valence-electron chi connectivity index (χ1n) is 10.4. The number of rotatable bonds is 7. The van der Waals surface area contributed by atoms with Gasteiger partial charge in [-0.15, -0.1) is 0 Å². The molecule has 1 amide bonds. The Balaban J connectivity index is 1.18. The summed E-state index contributed by atoms with van der Waals surface area (Å²) < 4.78 is 6.04. The third kappa shape index (κ3) is 5.64. The van der Waals surface area contributed by atoms with Gasteiger partial charge in [0, 0.05) is 31.1 Å². The fourth-order valence-electron chi connectivity index (χ4n) is 3.78. The molecule has 6 nitrogen and oxygen atoms in total. The highest BCUT2D eigenvalue weighted by Crippen LogP contribution is 2.28. The van der Waals surface area contributed by atoms with Crippen LogP contribution >= 0.6 is 23.2 Å². The van der Waals surface area contributed by atoms with E-state index in [0.29, 0.717) is 22.2 Å². The summed E-state index contributed by atoms with van der Waals surface area (Å²) in [7, 11) is 0. The van der Waals surface area contributed by atoms with Gasteiger partial charge in [0.25, 0.3) is 5.91 Å². The first-order valence-corrected chi connectivity index (χ1v) is 11.2. The second-order valence-electron chi connectivity index (χ2n) is 7.62. The van der Waals surface area contributed by atoms with E-state index in [9.17, 15) is 4.79 Å². The van der Waals surface area contributed by atoms with E-state index in [4.69, 9.17) is 27.9 Å². The number of likely N-dealkylation sites (tertiary alicyclic amines) is 1. The van der Waals surface area contributed by atoms with Crippen LogP contribution < -0.4 is 10.1 Å². The number of hydrogen-bond acceptors (Lipinski definition) is 5. The molecule has 2 aromatic carbocycles. The summed E-state index contributed by atoms with van der Waals surface area (Å²) in [6.45, 7) is 3.50. The van der Waals surface area contributed by atoms with E-state index in [1.165, 1.54) is 6.20 Å². The zero-order valence-corrected chi connectivity index (χ0v) is 18.6. The maximum atomic E-state index is 12.5. The van der Waals surface area contributed by atoms with Gasteiger partial charge in [-0.2, -0.15) is 10.2 Å². The Bertz CT molecular complexity index is 1050. The van der Waals surface area contributed by atoms with E-state index >= 15 is 0 Å². The fraction of sp³-hybridized carbons (Fsp3) is 0.348. The third-order valence-electron chi connectivity index (χ3n) is 5.46. The summed E-state index contributed by atoms with van der Waals surface area (Å²) in [5.41, 5.74) is 1.28. The molecule has 3 aromatic rings. The molecule has 4 rings (SSSR count). The largest absolute Gasteiger partial charge is 0.490 e. The molecule has 1 fully saturated rings. The molecule has 8 heteroatoms. The molecule has 0 radical (unpaired) electrons. The van der Waals surface area contributed by atoms with Crippen molar-refractivity contribution in [3.63, 3.8) is 0 Å². The van der Waals surface area contributed by atoms with Crippen LogP contribution in [0.1, 0.15) is 29.6 Å². The van der Waals surface area contributed by atoms with Gasteiger partial charge in [-0.25, -0.2) is 0 Å². The van der Waals surface area contributed by atoms with E-state index in [1.807, 2.05) is 30.3 Å². The van der Waals surface area contributed by atoms with Crippen molar-refractivity contribution < 1.29 is 9.53 Å². The molecule has 0 spiro atoms. The number of amides is 1. The molecule has 0 aliphatic carbocycles. The summed E-state index contributed by atoms with van der Waals surface area (Å²) >= 11 is 12.0. The highest BCUT2D eigenvalue weighted by molar-refractivity contribution is 6.42. The van der Waals surface area contributed by atoms with Gasteiger partial charge in [-0.1, -0.05) is 41.4 Å². The lowest BCUT2D eigenvalue weighted by Crippen LogP contribution is -2.39. The van der Waals surface area contributed by atoms with Gasteiger partial charge in [0.1, 0.15) is 11.9 Å². The number of benzene rings is 2. The maximum Gasteiger partial charge on any atom is 0.253 e. The first kappa shape index (κ1) is 21.8. The van der Waals surface area contributed by atoms with Crippen LogP contribution in [0, 0.1) is 0 Å². The Kier molecular flexibility index (Phi) is 7.22. The second-order valence-corrected chi connectivity index (χ2v) is 8.43. The predicted octanol–water partition coefficient (Wildman–Crippen LogP) is 4.60. The molecular weight excluding hydrogens is 435 g/mol. The van der Waals surface area contributed by atoms with Crippen molar-refractivity contribution >= 4 is 40.0 Å². The average molecular weight is 459 g/mol. The van der Waals surface area contributed by atoms with Crippen LogP contribution in [0.15, 0.2) is 48.7 Å². The zero-order chi connectivity index (χ0) is 21.6. The maximum absolute atomic E-state index is 12.5. The molecular formula is C23H24Cl2N4O2. The third-order valence-corrected chi connectivity index (χ3v) is 6.20. The summed E-state index contributed by atoms with van der Waals surface area (Å²) in [4.78, 5) is 15.0. The Morgan fingerprint density at radius 1 is 1.13 bits per heavy atom. The van der Waals surface area contributed by atoms with Crippen LogP contribution in [0.3, 0.4) is 0 Å². The molecule has 1 aliphatic rings. The minimum absolute atomic E-state index is 0.111. The van der Waals surface area contributed by atoms with Gasteiger partial charge in [0.15, 0.2) is 0 Å². The van der Waals surface area contributed by atoms with Gasteiger partial charge in [-0.3, -0.25) is 4.79 Å². The highest BCUT2D eigenvalue weighted by atomic mass is 35.5. The van der Waals surface area contributed by atoms with Crippen molar-refractivity contribution in [3.05, 3.63) is 64.3 Å². The number of carbonyl (C=O) groups is 1. The molecule has 162 valence electrons. The van der Waals surface area contributed by atoms with Gasteiger partial charge in [0.05, 0.1) is 27.3 Å². The average Bonchev–Trinajstić information content (AvgIpc) is 2.79.